The summed E-state index contributed by atoms with van der Waals surface area (Å²) in [6.45, 7) is 5.95. The summed E-state index contributed by atoms with van der Waals surface area (Å²) in [5, 5.41) is 12.1. The molecule has 6 nitrogen and oxygen atoms in total. The van der Waals surface area contributed by atoms with Crippen LogP contribution < -0.4 is 5.32 Å². The summed E-state index contributed by atoms with van der Waals surface area (Å²) in [7, 11) is 1.92. The van der Waals surface area contributed by atoms with Crippen LogP contribution in [0.15, 0.2) is 18.6 Å². The Morgan fingerprint density at radius 3 is 2.83 bits per heavy atom. The second kappa shape index (κ2) is 5.77. The number of aryl methyl sites for hydroxylation is 2. The molecule has 0 saturated heterocycles. The molecule has 2 rings (SSSR count). The molecule has 6 heteroatoms. The van der Waals surface area contributed by atoms with E-state index in [1.807, 2.05) is 24.0 Å². The van der Waals surface area contributed by atoms with Crippen LogP contribution in [0.2, 0.25) is 0 Å². The normalized spacial score (nSPS) is 12.8. The molecule has 0 aromatic carbocycles. The van der Waals surface area contributed by atoms with E-state index in [4.69, 9.17) is 0 Å². The highest BCUT2D eigenvalue weighted by Gasteiger charge is 2.20. The third-order valence-corrected chi connectivity index (χ3v) is 2.78. The minimum absolute atomic E-state index is 0.00486. The standard InChI is InChI=1S/C12H20N6/c1-4-7-18-12(14-9-15-18)11(13-5-2)10-6-8-17(3)16-10/h6,8-9,11,13H,4-5,7H2,1-3H3. The fraction of sp³-hybridized carbons (Fsp3) is 0.583. The maximum Gasteiger partial charge on any atom is 0.150 e. The number of hydrogen-bond acceptors (Lipinski definition) is 4. The number of rotatable bonds is 6. The van der Waals surface area contributed by atoms with Gasteiger partial charge in [-0.15, -0.1) is 0 Å². The topological polar surface area (TPSA) is 60.6 Å². The van der Waals surface area contributed by atoms with E-state index in [0.717, 1.165) is 31.0 Å². The molecule has 2 aromatic rings. The highest BCUT2D eigenvalue weighted by Crippen LogP contribution is 2.18. The third-order valence-electron chi connectivity index (χ3n) is 2.78. The van der Waals surface area contributed by atoms with Gasteiger partial charge in [0.1, 0.15) is 18.2 Å². The average Bonchev–Trinajstić information content (AvgIpc) is 2.96. The van der Waals surface area contributed by atoms with Crippen LogP contribution in [0.5, 0.6) is 0 Å². The van der Waals surface area contributed by atoms with Crippen molar-refractivity contribution >= 4 is 0 Å². The van der Waals surface area contributed by atoms with Crippen LogP contribution in [0.1, 0.15) is 37.8 Å². The molecule has 98 valence electrons. The van der Waals surface area contributed by atoms with E-state index < -0.39 is 0 Å². The molecule has 1 atom stereocenters. The van der Waals surface area contributed by atoms with Gasteiger partial charge in [0.25, 0.3) is 0 Å². The van der Waals surface area contributed by atoms with Gasteiger partial charge in [-0.2, -0.15) is 10.2 Å². The fourth-order valence-corrected chi connectivity index (χ4v) is 2.00. The van der Waals surface area contributed by atoms with Gasteiger partial charge in [0, 0.05) is 19.8 Å². The zero-order valence-electron chi connectivity index (χ0n) is 11.2. The first-order valence-electron chi connectivity index (χ1n) is 6.36. The Bertz CT molecular complexity index is 486. The summed E-state index contributed by atoms with van der Waals surface area (Å²) in [6, 6.07) is 2.02. The molecular weight excluding hydrogens is 228 g/mol. The molecule has 1 unspecified atom stereocenters. The van der Waals surface area contributed by atoms with Gasteiger partial charge in [0.2, 0.25) is 0 Å². The molecular formula is C12H20N6. The second-order valence-corrected chi connectivity index (χ2v) is 4.25. The number of nitrogens with zero attached hydrogens (tertiary/aromatic N) is 5. The molecule has 0 radical (unpaired) electrons. The second-order valence-electron chi connectivity index (χ2n) is 4.25. The van der Waals surface area contributed by atoms with Gasteiger partial charge in [0.05, 0.1) is 5.69 Å². The van der Waals surface area contributed by atoms with Crippen molar-refractivity contribution in [2.45, 2.75) is 32.9 Å². The zero-order chi connectivity index (χ0) is 13.0. The van der Waals surface area contributed by atoms with E-state index >= 15 is 0 Å². The van der Waals surface area contributed by atoms with Crippen molar-refractivity contribution in [3.8, 4) is 0 Å². The van der Waals surface area contributed by atoms with Crippen molar-refractivity contribution in [2.75, 3.05) is 6.54 Å². The van der Waals surface area contributed by atoms with E-state index in [9.17, 15) is 0 Å². The largest absolute Gasteiger partial charge is 0.303 e. The Hall–Kier alpha value is -1.69. The molecule has 0 spiro atoms. The van der Waals surface area contributed by atoms with E-state index in [2.05, 4.69) is 34.3 Å². The van der Waals surface area contributed by atoms with Crippen LogP contribution in [0, 0.1) is 0 Å². The van der Waals surface area contributed by atoms with Crippen molar-refractivity contribution in [3.63, 3.8) is 0 Å². The van der Waals surface area contributed by atoms with E-state index in [0.29, 0.717) is 0 Å². The highest BCUT2D eigenvalue weighted by atomic mass is 15.3. The van der Waals surface area contributed by atoms with Crippen molar-refractivity contribution in [1.29, 1.82) is 0 Å². The molecule has 0 saturated carbocycles. The van der Waals surface area contributed by atoms with Crippen LogP contribution in [-0.4, -0.2) is 31.1 Å². The first kappa shape index (κ1) is 12.8. The first-order chi connectivity index (χ1) is 8.76. The van der Waals surface area contributed by atoms with Crippen LogP contribution >= 0.6 is 0 Å². The van der Waals surface area contributed by atoms with Gasteiger partial charge < -0.3 is 5.32 Å². The van der Waals surface area contributed by atoms with Gasteiger partial charge in [-0.25, -0.2) is 9.67 Å². The number of aromatic nitrogens is 5. The lowest BCUT2D eigenvalue weighted by molar-refractivity contribution is 0.501. The summed E-state index contributed by atoms with van der Waals surface area (Å²) < 4.78 is 3.75. The minimum atomic E-state index is 0.00486. The van der Waals surface area contributed by atoms with Gasteiger partial charge in [-0.05, 0) is 19.0 Å². The van der Waals surface area contributed by atoms with E-state index in [1.165, 1.54) is 0 Å². The molecule has 2 aromatic heterocycles. The Morgan fingerprint density at radius 2 is 2.22 bits per heavy atom. The summed E-state index contributed by atoms with van der Waals surface area (Å²) in [5.41, 5.74) is 0.977. The van der Waals surface area contributed by atoms with Gasteiger partial charge in [0.15, 0.2) is 0 Å². The third kappa shape index (κ3) is 2.59. The predicted octanol–water partition coefficient (Wildman–Crippen LogP) is 1.12. The predicted molar refractivity (Wildman–Crippen MR) is 69.0 cm³/mol. The molecule has 0 bridgehead atoms. The number of hydrogen-bond donors (Lipinski definition) is 1. The molecule has 18 heavy (non-hydrogen) atoms. The van der Waals surface area contributed by atoms with Crippen LogP contribution in [0.4, 0.5) is 0 Å². The Kier molecular flexibility index (Phi) is 4.09. The fourth-order valence-electron chi connectivity index (χ4n) is 2.00. The monoisotopic (exact) mass is 248 g/mol. The van der Waals surface area contributed by atoms with Crippen molar-refractivity contribution in [3.05, 3.63) is 30.1 Å². The lowest BCUT2D eigenvalue weighted by Crippen LogP contribution is -2.26. The summed E-state index contributed by atoms with van der Waals surface area (Å²) in [5.74, 6) is 0.928. The Balaban J connectivity index is 2.31. The summed E-state index contributed by atoms with van der Waals surface area (Å²) in [6.07, 6.45) is 4.59. The van der Waals surface area contributed by atoms with Gasteiger partial charge >= 0.3 is 0 Å². The SMILES string of the molecule is CCCn1ncnc1C(NCC)c1ccn(C)n1. The Labute approximate surface area is 107 Å². The molecule has 0 aliphatic carbocycles. The quantitative estimate of drug-likeness (QED) is 0.832. The molecule has 0 aliphatic heterocycles. The molecule has 0 fully saturated rings. The maximum atomic E-state index is 4.46. The molecule has 0 amide bonds. The average molecular weight is 248 g/mol. The molecule has 0 aliphatic rings. The Morgan fingerprint density at radius 1 is 1.39 bits per heavy atom. The van der Waals surface area contributed by atoms with Crippen LogP contribution in [0.25, 0.3) is 0 Å². The van der Waals surface area contributed by atoms with Crippen molar-refractivity contribution < 1.29 is 0 Å². The molecule has 2 heterocycles. The zero-order valence-corrected chi connectivity index (χ0v) is 11.2. The van der Waals surface area contributed by atoms with Crippen LogP contribution in [0.3, 0.4) is 0 Å². The first-order valence-corrected chi connectivity index (χ1v) is 6.36. The van der Waals surface area contributed by atoms with Crippen LogP contribution in [-0.2, 0) is 13.6 Å². The van der Waals surface area contributed by atoms with Gasteiger partial charge in [-0.1, -0.05) is 13.8 Å². The lowest BCUT2D eigenvalue weighted by Gasteiger charge is -2.15. The van der Waals surface area contributed by atoms with Crippen molar-refractivity contribution in [1.82, 2.24) is 29.9 Å². The molecule has 1 N–H and O–H groups in total. The minimum Gasteiger partial charge on any atom is -0.303 e. The van der Waals surface area contributed by atoms with Gasteiger partial charge in [-0.3, -0.25) is 4.68 Å². The maximum absolute atomic E-state index is 4.46. The highest BCUT2D eigenvalue weighted by molar-refractivity contribution is 5.15. The smallest absolute Gasteiger partial charge is 0.150 e. The lowest BCUT2D eigenvalue weighted by atomic mass is 10.2. The summed E-state index contributed by atoms with van der Waals surface area (Å²) >= 11 is 0. The van der Waals surface area contributed by atoms with E-state index in [-0.39, 0.29) is 6.04 Å². The summed E-state index contributed by atoms with van der Waals surface area (Å²) in [4.78, 5) is 4.38. The number of nitrogens with one attached hydrogen (secondary N) is 1. The van der Waals surface area contributed by atoms with Crippen molar-refractivity contribution in [2.24, 2.45) is 7.05 Å². The van der Waals surface area contributed by atoms with E-state index in [1.54, 1.807) is 11.0 Å².